The van der Waals surface area contributed by atoms with Crippen molar-refractivity contribution in [2.75, 3.05) is 6.26 Å². The third kappa shape index (κ3) is 6.15. The number of hydrogen-bond donors (Lipinski definition) is 0. The third-order valence-corrected chi connectivity index (χ3v) is 4.73. The van der Waals surface area contributed by atoms with Gasteiger partial charge in [-0.05, 0) is 31.6 Å². The summed E-state index contributed by atoms with van der Waals surface area (Å²) in [5.74, 6) is 7.13. The molecule has 1 saturated carbocycles. The van der Waals surface area contributed by atoms with Crippen LogP contribution in [0.5, 0.6) is 0 Å². The van der Waals surface area contributed by atoms with Crippen LogP contribution in [0.1, 0.15) is 39.0 Å². The van der Waals surface area contributed by atoms with Crippen molar-refractivity contribution < 1.29 is 4.84 Å². The van der Waals surface area contributed by atoms with Gasteiger partial charge in [0.2, 0.25) is 0 Å². The highest BCUT2D eigenvalue weighted by atomic mass is 32.2. The monoisotopic (exact) mass is 315 g/mol. The van der Waals surface area contributed by atoms with E-state index in [0.29, 0.717) is 11.2 Å². The van der Waals surface area contributed by atoms with Gasteiger partial charge in [-0.1, -0.05) is 48.7 Å². The number of allylic oxidation sites excluding steroid dienone is 5. The van der Waals surface area contributed by atoms with Crippen LogP contribution in [0.15, 0.2) is 41.6 Å². The fraction of sp³-hybridized carbons (Fsp3) is 0.526. The minimum absolute atomic E-state index is 0.253. The molecular weight excluding hydrogens is 290 g/mol. The van der Waals surface area contributed by atoms with Crippen LogP contribution in [-0.2, 0) is 4.84 Å². The fourth-order valence-electron chi connectivity index (χ4n) is 2.20. The molecule has 0 aromatic rings. The predicted octanol–water partition coefficient (Wildman–Crippen LogP) is 4.75. The summed E-state index contributed by atoms with van der Waals surface area (Å²) in [6.45, 7) is 5.98. The molecule has 0 saturated heterocycles. The Labute approximate surface area is 138 Å². The number of thioether (sulfide) groups is 1. The van der Waals surface area contributed by atoms with Gasteiger partial charge in [-0.3, -0.25) is 0 Å². The van der Waals surface area contributed by atoms with Crippen molar-refractivity contribution in [1.29, 1.82) is 0 Å². The summed E-state index contributed by atoms with van der Waals surface area (Å²) in [4.78, 5) is 5.51. The molecule has 0 N–H and O–H groups in total. The van der Waals surface area contributed by atoms with Crippen LogP contribution in [0.3, 0.4) is 0 Å². The zero-order chi connectivity index (χ0) is 15.8. The van der Waals surface area contributed by atoms with Gasteiger partial charge in [0, 0.05) is 29.6 Å². The minimum Gasteiger partial charge on any atom is -0.392 e. The lowest BCUT2D eigenvalue weighted by Gasteiger charge is -2.12. The zero-order valence-corrected chi connectivity index (χ0v) is 14.4. The van der Waals surface area contributed by atoms with Crippen LogP contribution in [0, 0.1) is 17.8 Å². The van der Waals surface area contributed by atoms with Gasteiger partial charge >= 0.3 is 0 Å². The first-order valence-electron chi connectivity index (χ1n) is 7.96. The summed E-state index contributed by atoms with van der Waals surface area (Å²) in [7, 11) is 0. The van der Waals surface area contributed by atoms with Crippen LogP contribution in [-0.4, -0.2) is 23.3 Å². The van der Waals surface area contributed by atoms with Gasteiger partial charge in [0.05, 0.1) is 5.71 Å². The molecule has 1 fully saturated rings. The molecule has 1 aliphatic heterocycles. The van der Waals surface area contributed by atoms with Gasteiger partial charge in [-0.2, -0.15) is 11.8 Å². The first kappa shape index (κ1) is 17.0. The van der Waals surface area contributed by atoms with Gasteiger partial charge in [-0.15, -0.1) is 0 Å². The average Bonchev–Trinajstić information content (AvgIpc) is 3.24. The van der Waals surface area contributed by atoms with E-state index in [2.05, 4.69) is 48.9 Å². The van der Waals surface area contributed by atoms with E-state index in [1.165, 1.54) is 12.8 Å². The summed E-state index contributed by atoms with van der Waals surface area (Å²) >= 11 is 1.88. The standard InChI is InChI=1S/C19H25NOS/c1-4-6-16(9-10-17-11-12-17)7-5-8-18-14-19(21-20-18)13-15(2)22-3/h4-7,15,17,19H,1,8,11-14H2,2-3H3/b7-5-,16-6+. The average molecular weight is 315 g/mol. The van der Waals surface area contributed by atoms with Crippen molar-refractivity contribution in [3.8, 4) is 11.8 Å². The Morgan fingerprint density at radius 1 is 1.55 bits per heavy atom. The lowest BCUT2D eigenvalue weighted by atomic mass is 10.1. The second-order valence-corrected chi connectivity index (χ2v) is 7.16. The Morgan fingerprint density at radius 2 is 2.36 bits per heavy atom. The van der Waals surface area contributed by atoms with Crippen molar-refractivity contribution in [1.82, 2.24) is 0 Å². The number of rotatable bonds is 7. The highest BCUT2D eigenvalue weighted by molar-refractivity contribution is 7.99. The SMILES string of the molecule is C=C/C=C(C#CC1CC1)\C=C/CC1=NOC(CC(C)SC)C1. The first-order chi connectivity index (χ1) is 10.7. The van der Waals surface area contributed by atoms with Crippen molar-refractivity contribution in [2.45, 2.75) is 50.4 Å². The Kier molecular flexibility index (Phi) is 6.86. The van der Waals surface area contributed by atoms with Gasteiger partial charge in [-0.25, -0.2) is 0 Å². The maximum atomic E-state index is 5.51. The fourth-order valence-corrected chi connectivity index (χ4v) is 2.61. The summed E-state index contributed by atoms with van der Waals surface area (Å²) in [6.07, 6.45) is 15.7. The van der Waals surface area contributed by atoms with E-state index in [9.17, 15) is 0 Å². The molecule has 0 spiro atoms. The second kappa shape index (κ2) is 8.90. The summed E-state index contributed by atoms with van der Waals surface area (Å²) in [5.41, 5.74) is 2.15. The third-order valence-electron chi connectivity index (χ3n) is 3.74. The molecule has 1 aliphatic carbocycles. The number of hydrogen-bond acceptors (Lipinski definition) is 3. The van der Waals surface area contributed by atoms with Crippen molar-refractivity contribution >= 4 is 17.5 Å². The van der Waals surface area contributed by atoms with Gasteiger partial charge < -0.3 is 4.84 Å². The lowest BCUT2D eigenvalue weighted by Crippen LogP contribution is -2.13. The largest absolute Gasteiger partial charge is 0.392 e. The van der Waals surface area contributed by atoms with E-state index in [1.807, 2.05) is 17.8 Å². The molecule has 0 aromatic carbocycles. The van der Waals surface area contributed by atoms with Crippen LogP contribution in [0.4, 0.5) is 0 Å². The van der Waals surface area contributed by atoms with E-state index in [1.54, 1.807) is 6.08 Å². The molecule has 0 amide bonds. The van der Waals surface area contributed by atoms with Crippen LogP contribution < -0.4 is 0 Å². The highest BCUT2D eigenvalue weighted by Gasteiger charge is 2.22. The molecule has 2 rings (SSSR count). The van der Waals surface area contributed by atoms with Crippen LogP contribution in [0.25, 0.3) is 0 Å². The molecule has 3 heteroatoms. The van der Waals surface area contributed by atoms with E-state index >= 15 is 0 Å². The minimum atomic E-state index is 0.253. The Balaban J connectivity index is 1.78. The van der Waals surface area contributed by atoms with E-state index in [4.69, 9.17) is 4.84 Å². The highest BCUT2D eigenvalue weighted by Crippen LogP contribution is 2.27. The molecule has 2 aliphatic rings. The molecule has 2 unspecified atom stereocenters. The van der Waals surface area contributed by atoms with Crippen LogP contribution in [0.2, 0.25) is 0 Å². The molecule has 22 heavy (non-hydrogen) atoms. The Bertz CT molecular complexity index is 531. The molecule has 118 valence electrons. The molecule has 2 atom stereocenters. The molecule has 0 radical (unpaired) electrons. The molecular formula is C19H25NOS. The maximum Gasteiger partial charge on any atom is 0.133 e. The second-order valence-electron chi connectivity index (χ2n) is 5.88. The number of nitrogens with zero attached hydrogens (tertiary/aromatic N) is 1. The Morgan fingerprint density at radius 3 is 3.05 bits per heavy atom. The van der Waals surface area contributed by atoms with E-state index in [-0.39, 0.29) is 6.10 Å². The first-order valence-corrected chi connectivity index (χ1v) is 9.25. The topological polar surface area (TPSA) is 21.6 Å². The van der Waals surface area contributed by atoms with Gasteiger partial charge in [0.25, 0.3) is 0 Å². The van der Waals surface area contributed by atoms with Gasteiger partial charge in [0.1, 0.15) is 6.10 Å². The summed E-state index contributed by atoms with van der Waals surface area (Å²) < 4.78 is 0. The lowest BCUT2D eigenvalue weighted by molar-refractivity contribution is 0.0797. The summed E-state index contributed by atoms with van der Waals surface area (Å²) in [6, 6.07) is 0. The smallest absolute Gasteiger partial charge is 0.133 e. The summed E-state index contributed by atoms with van der Waals surface area (Å²) in [5, 5.41) is 4.83. The van der Waals surface area contributed by atoms with Crippen molar-refractivity contribution in [3.63, 3.8) is 0 Å². The molecule has 1 heterocycles. The quantitative estimate of drug-likeness (QED) is 0.500. The van der Waals surface area contributed by atoms with E-state index < -0.39 is 0 Å². The van der Waals surface area contributed by atoms with Gasteiger partial charge in [0.15, 0.2) is 0 Å². The Hall–Kier alpha value is -1.40. The van der Waals surface area contributed by atoms with Crippen molar-refractivity contribution in [2.24, 2.45) is 11.1 Å². The predicted molar refractivity (Wildman–Crippen MR) is 97.1 cm³/mol. The molecule has 2 nitrogen and oxygen atoms in total. The number of oxime groups is 1. The van der Waals surface area contributed by atoms with Crippen LogP contribution >= 0.6 is 11.8 Å². The molecule has 0 bridgehead atoms. The molecule has 0 aromatic heterocycles. The van der Waals surface area contributed by atoms with E-state index in [0.717, 1.165) is 30.5 Å². The normalized spacial score (nSPS) is 22.7. The maximum absolute atomic E-state index is 5.51. The van der Waals surface area contributed by atoms with Crippen molar-refractivity contribution in [3.05, 3.63) is 36.5 Å². The zero-order valence-electron chi connectivity index (χ0n) is 13.5.